The summed E-state index contributed by atoms with van der Waals surface area (Å²) in [5.74, 6) is 0. The highest BCUT2D eigenvalue weighted by Gasteiger charge is 2.13. The molecule has 0 saturated carbocycles. The largest absolute Gasteiger partial charge is 0.453 e. The fourth-order valence-electron chi connectivity index (χ4n) is 1.62. The van der Waals surface area contributed by atoms with E-state index in [0.29, 0.717) is 16.6 Å². The summed E-state index contributed by atoms with van der Waals surface area (Å²) >= 11 is 5.83. The highest BCUT2D eigenvalue weighted by Crippen LogP contribution is 2.28. The number of furan rings is 1. The van der Waals surface area contributed by atoms with Crippen LogP contribution >= 0.6 is 11.6 Å². The van der Waals surface area contributed by atoms with Crippen LogP contribution in [0.3, 0.4) is 0 Å². The van der Waals surface area contributed by atoms with Crippen LogP contribution in [0.5, 0.6) is 0 Å². The summed E-state index contributed by atoms with van der Waals surface area (Å²) < 4.78 is 5.45. The maximum Gasteiger partial charge on any atom is 0.276 e. The molecule has 74 valence electrons. The van der Waals surface area contributed by atoms with Gasteiger partial charge in [0.2, 0.25) is 0 Å². The molecular weight excluding hydrogens is 216 g/mol. The van der Waals surface area contributed by atoms with Gasteiger partial charge >= 0.3 is 0 Å². The molecule has 4 nitrogen and oxygen atoms in total. The first-order valence-corrected chi connectivity index (χ1v) is 4.70. The van der Waals surface area contributed by atoms with Crippen molar-refractivity contribution in [1.29, 1.82) is 0 Å². The number of halogens is 1. The highest BCUT2D eigenvalue weighted by atomic mass is 35.5. The molecule has 0 aliphatic heterocycles. The minimum atomic E-state index is -0.292. The molecule has 0 atom stereocenters. The van der Waals surface area contributed by atoms with Gasteiger partial charge in [-0.25, -0.2) is 5.10 Å². The summed E-state index contributed by atoms with van der Waals surface area (Å²) in [5.41, 5.74) is 0.675. The van der Waals surface area contributed by atoms with E-state index in [-0.39, 0.29) is 10.7 Å². The summed E-state index contributed by atoms with van der Waals surface area (Å²) in [4.78, 5) is 11.6. The van der Waals surface area contributed by atoms with Gasteiger partial charge in [0.15, 0.2) is 10.7 Å². The number of aromatic nitrogens is 2. The van der Waals surface area contributed by atoms with E-state index in [1.807, 2.05) is 18.2 Å². The second kappa shape index (κ2) is 2.84. The van der Waals surface area contributed by atoms with Crippen molar-refractivity contribution in [2.75, 3.05) is 0 Å². The van der Waals surface area contributed by atoms with E-state index in [1.54, 1.807) is 6.07 Å². The summed E-state index contributed by atoms with van der Waals surface area (Å²) in [5, 5.41) is 7.32. The molecular formula is C10H5ClN2O2. The maximum absolute atomic E-state index is 11.6. The number of H-pyrrole nitrogens is 1. The SMILES string of the molecule is O=c1[nH]nc(Cl)c2oc3ccccc3c12. The normalized spacial score (nSPS) is 11.3. The van der Waals surface area contributed by atoms with Gasteiger partial charge in [-0.15, -0.1) is 0 Å². The first-order chi connectivity index (χ1) is 7.27. The lowest BCUT2D eigenvalue weighted by Gasteiger charge is -1.88. The molecule has 0 spiro atoms. The molecule has 1 aromatic carbocycles. The summed E-state index contributed by atoms with van der Waals surface area (Å²) in [6, 6.07) is 7.27. The Bertz CT molecular complexity index is 714. The van der Waals surface area contributed by atoms with Crippen LogP contribution in [0.15, 0.2) is 33.5 Å². The number of hydrogen-bond donors (Lipinski definition) is 1. The number of rotatable bonds is 0. The lowest BCUT2D eigenvalue weighted by Crippen LogP contribution is -2.06. The second-order valence-corrected chi connectivity index (χ2v) is 3.50. The lowest BCUT2D eigenvalue weighted by molar-refractivity contribution is 0.664. The van der Waals surface area contributed by atoms with Crippen molar-refractivity contribution >= 4 is 33.5 Å². The van der Waals surface area contributed by atoms with E-state index in [0.717, 1.165) is 5.39 Å². The average molecular weight is 221 g/mol. The van der Waals surface area contributed by atoms with Gasteiger partial charge in [0.1, 0.15) is 5.58 Å². The molecule has 15 heavy (non-hydrogen) atoms. The van der Waals surface area contributed by atoms with E-state index < -0.39 is 0 Å². The number of nitrogens with one attached hydrogen (secondary N) is 1. The smallest absolute Gasteiger partial charge is 0.276 e. The molecule has 2 aromatic heterocycles. The van der Waals surface area contributed by atoms with Gasteiger partial charge in [0.05, 0.1) is 5.39 Å². The fourth-order valence-corrected chi connectivity index (χ4v) is 1.80. The zero-order valence-corrected chi connectivity index (χ0v) is 8.21. The third kappa shape index (κ3) is 1.08. The second-order valence-electron chi connectivity index (χ2n) is 3.15. The van der Waals surface area contributed by atoms with Crippen LogP contribution in [0.2, 0.25) is 5.15 Å². The van der Waals surface area contributed by atoms with E-state index in [9.17, 15) is 4.79 Å². The molecule has 5 heteroatoms. The Balaban J connectivity index is 2.72. The number of benzene rings is 1. The molecule has 0 aliphatic carbocycles. The summed E-state index contributed by atoms with van der Waals surface area (Å²) in [6.45, 7) is 0. The zero-order valence-electron chi connectivity index (χ0n) is 7.45. The lowest BCUT2D eigenvalue weighted by atomic mass is 10.2. The van der Waals surface area contributed by atoms with E-state index in [2.05, 4.69) is 10.2 Å². The van der Waals surface area contributed by atoms with Gasteiger partial charge in [-0.3, -0.25) is 4.79 Å². The summed E-state index contributed by atoms with van der Waals surface area (Å²) in [6.07, 6.45) is 0. The highest BCUT2D eigenvalue weighted by molar-refractivity contribution is 6.34. The van der Waals surface area contributed by atoms with Gasteiger partial charge in [-0.1, -0.05) is 29.8 Å². The van der Waals surface area contributed by atoms with Crippen molar-refractivity contribution in [3.63, 3.8) is 0 Å². The number of hydrogen-bond acceptors (Lipinski definition) is 3. The Kier molecular flexibility index (Phi) is 1.61. The summed E-state index contributed by atoms with van der Waals surface area (Å²) in [7, 11) is 0. The Morgan fingerprint density at radius 1 is 1.33 bits per heavy atom. The molecule has 0 radical (unpaired) electrons. The standard InChI is InChI=1S/C10H5ClN2O2/c11-9-8-7(10(14)13-12-9)5-3-1-2-4-6(5)15-8/h1-4H,(H,13,14). The molecule has 0 unspecified atom stereocenters. The van der Waals surface area contributed by atoms with Crippen molar-refractivity contribution in [1.82, 2.24) is 10.2 Å². The zero-order chi connectivity index (χ0) is 10.4. The van der Waals surface area contributed by atoms with Gasteiger partial charge in [-0.05, 0) is 6.07 Å². The molecule has 3 aromatic rings. The van der Waals surface area contributed by atoms with E-state index in [4.69, 9.17) is 16.0 Å². The molecule has 0 fully saturated rings. The number of para-hydroxylation sites is 1. The predicted molar refractivity (Wildman–Crippen MR) is 57.1 cm³/mol. The first kappa shape index (κ1) is 8.49. The number of aromatic amines is 1. The maximum atomic E-state index is 11.6. The molecule has 0 bridgehead atoms. The molecule has 2 heterocycles. The molecule has 1 N–H and O–H groups in total. The van der Waals surface area contributed by atoms with Crippen molar-refractivity contribution in [2.45, 2.75) is 0 Å². The Labute approximate surface area is 88.5 Å². The fraction of sp³-hybridized carbons (Fsp3) is 0. The topological polar surface area (TPSA) is 58.9 Å². The molecule has 3 rings (SSSR count). The predicted octanol–water partition coefficient (Wildman–Crippen LogP) is 2.32. The van der Waals surface area contributed by atoms with Crippen LogP contribution in [-0.4, -0.2) is 10.2 Å². The minimum absolute atomic E-state index is 0.167. The van der Waals surface area contributed by atoms with Crippen LogP contribution in [0, 0.1) is 0 Å². The van der Waals surface area contributed by atoms with E-state index >= 15 is 0 Å². The van der Waals surface area contributed by atoms with Crippen molar-refractivity contribution < 1.29 is 4.42 Å². The average Bonchev–Trinajstić information content (AvgIpc) is 2.64. The van der Waals surface area contributed by atoms with Crippen LogP contribution in [-0.2, 0) is 0 Å². The Morgan fingerprint density at radius 3 is 3.00 bits per heavy atom. The third-order valence-electron chi connectivity index (χ3n) is 2.27. The number of fused-ring (bicyclic) bond motifs is 3. The minimum Gasteiger partial charge on any atom is -0.453 e. The first-order valence-electron chi connectivity index (χ1n) is 4.33. The monoisotopic (exact) mass is 220 g/mol. The number of nitrogens with zero attached hydrogens (tertiary/aromatic N) is 1. The van der Waals surface area contributed by atoms with Crippen molar-refractivity contribution in [3.8, 4) is 0 Å². The van der Waals surface area contributed by atoms with Crippen LogP contribution < -0.4 is 5.56 Å². The van der Waals surface area contributed by atoms with Crippen LogP contribution in [0.1, 0.15) is 0 Å². The molecule has 0 aliphatic rings. The molecule has 0 saturated heterocycles. The van der Waals surface area contributed by atoms with Gasteiger partial charge in [0, 0.05) is 5.39 Å². The Morgan fingerprint density at radius 2 is 2.13 bits per heavy atom. The van der Waals surface area contributed by atoms with Crippen LogP contribution in [0.4, 0.5) is 0 Å². The molecule has 0 amide bonds. The van der Waals surface area contributed by atoms with Crippen LogP contribution in [0.25, 0.3) is 21.9 Å². The van der Waals surface area contributed by atoms with Gasteiger partial charge in [0.25, 0.3) is 5.56 Å². The third-order valence-corrected chi connectivity index (χ3v) is 2.52. The quantitative estimate of drug-likeness (QED) is 0.633. The Hall–Kier alpha value is -1.81. The van der Waals surface area contributed by atoms with Crippen molar-refractivity contribution in [3.05, 3.63) is 39.8 Å². The van der Waals surface area contributed by atoms with Gasteiger partial charge in [-0.2, -0.15) is 5.10 Å². The van der Waals surface area contributed by atoms with E-state index in [1.165, 1.54) is 0 Å². The van der Waals surface area contributed by atoms with Gasteiger partial charge < -0.3 is 4.42 Å². The van der Waals surface area contributed by atoms with Crippen molar-refractivity contribution in [2.24, 2.45) is 0 Å².